The van der Waals surface area contributed by atoms with E-state index in [1.807, 2.05) is 0 Å². The van der Waals surface area contributed by atoms with Crippen LogP contribution in [0.3, 0.4) is 0 Å². The maximum atomic E-state index is 10.7. The number of aryl methyl sites for hydroxylation is 2. The van der Waals surface area contributed by atoms with E-state index in [1.54, 1.807) is 0 Å². The summed E-state index contributed by atoms with van der Waals surface area (Å²) >= 11 is 6.62. The zero-order valence-electron chi connectivity index (χ0n) is 14.8. The number of hydrogen-bond donors (Lipinski definition) is 2. The molecule has 0 amide bonds. The molecule has 0 radical (unpaired) electrons. The van der Waals surface area contributed by atoms with Crippen molar-refractivity contribution in [1.82, 2.24) is 10.2 Å². The number of phenolic OH excluding ortho intramolecular Hbond substituents is 1. The van der Waals surface area contributed by atoms with Crippen LogP contribution >= 0.6 is 23.6 Å². The van der Waals surface area contributed by atoms with E-state index in [0.29, 0.717) is 5.75 Å². The quantitative estimate of drug-likeness (QED) is 0.740. The summed E-state index contributed by atoms with van der Waals surface area (Å²) in [5, 5.41) is 18.8. The van der Waals surface area contributed by atoms with Crippen LogP contribution in [0.5, 0.6) is 5.75 Å². The first-order valence-electron chi connectivity index (χ1n) is 7.90. The Morgan fingerprint density at radius 1 is 1.04 bits per heavy atom. The molecule has 0 spiro atoms. The second-order valence-corrected chi connectivity index (χ2v) is 9.80. The van der Waals surface area contributed by atoms with Crippen molar-refractivity contribution in [2.45, 2.75) is 65.2 Å². The Balaban J connectivity index is 2.41. The summed E-state index contributed by atoms with van der Waals surface area (Å²) < 4.78 is 0.719. The van der Waals surface area contributed by atoms with Crippen molar-refractivity contribution in [1.29, 1.82) is 0 Å². The smallest absolute Gasteiger partial charge is 0.176 e. The van der Waals surface area contributed by atoms with Crippen molar-refractivity contribution < 1.29 is 5.11 Å². The molecule has 1 heterocycles. The second-order valence-electron chi connectivity index (χ2n) is 8.05. The molecule has 2 aromatic rings. The van der Waals surface area contributed by atoms with Gasteiger partial charge in [-0.25, -0.2) is 0 Å². The van der Waals surface area contributed by atoms with Gasteiger partial charge in [-0.2, -0.15) is 5.10 Å². The van der Waals surface area contributed by atoms with Crippen LogP contribution in [0, 0.1) is 3.95 Å². The Morgan fingerprint density at radius 3 is 1.96 bits per heavy atom. The normalized spacial score (nSPS) is 12.6. The second kappa shape index (κ2) is 6.36. The lowest BCUT2D eigenvalue weighted by Crippen LogP contribution is -2.18. The van der Waals surface area contributed by atoms with Crippen molar-refractivity contribution in [2.24, 2.45) is 0 Å². The highest BCUT2D eigenvalue weighted by atomic mass is 32.1. The van der Waals surface area contributed by atoms with Crippen LogP contribution in [-0.2, 0) is 23.7 Å². The minimum Gasteiger partial charge on any atom is -0.507 e. The molecule has 1 aromatic carbocycles. The molecule has 0 saturated heterocycles. The average Bonchev–Trinajstić information content (AvgIpc) is 2.80. The van der Waals surface area contributed by atoms with E-state index in [4.69, 9.17) is 12.2 Å². The molecule has 0 fully saturated rings. The molecule has 126 valence electrons. The number of aromatic amines is 1. The number of H-pyrrole nitrogens is 1. The van der Waals surface area contributed by atoms with Gasteiger partial charge >= 0.3 is 0 Å². The number of nitrogens with zero attached hydrogens (tertiary/aromatic N) is 1. The van der Waals surface area contributed by atoms with E-state index in [0.717, 1.165) is 32.9 Å². The van der Waals surface area contributed by atoms with Gasteiger partial charge in [0.1, 0.15) is 10.8 Å². The first-order chi connectivity index (χ1) is 10.5. The van der Waals surface area contributed by atoms with Gasteiger partial charge in [0.2, 0.25) is 0 Å². The Hall–Kier alpha value is -1.20. The number of hydrogen-bond acceptors (Lipinski definition) is 4. The van der Waals surface area contributed by atoms with Crippen LogP contribution in [-0.4, -0.2) is 15.3 Å². The number of phenols is 1. The van der Waals surface area contributed by atoms with Crippen LogP contribution in [0.15, 0.2) is 12.1 Å². The Labute approximate surface area is 147 Å². The first kappa shape index (κ1) is 18.1. The summed E-state index contributed by atoms with van der Waals surface area (Å²) in [5.74, 6) is 0.434. The van der Waals surface area contributed by atoms with E-state index < -0.39 is 0 Å². The van der Waals surface area contributed by atoms with Gasteiger partial charge in [0, 0.05) is 6.42 Å². The number of benzene rings is 1. The van der Waals surface area contributed by atoms with Crippen molar-refractivity contribution >= 4 is 23.6 Å². The molecule has 0 bridgehead atoms. The predicted octanol–water partition coefficient (Wildman–Crippen LogP) is 5.29. The van der Waals surface area contributed by atoms with Crippen molar-refractivity contribution in [2.75, 3.05) is 0 Å². The van der Waals surface area contributed by atoms with E-state index in [9.17, 15) is 5.11 Å². The standard InChI is InChI=1S/C18H26N2OS2/c1-17(2,3)12-9-11(7-8-14-19-20-16(22)23-14)10-13(15(12)21)18(4,5)6/h9-10,21H,7-8H2,1-6H3,(H,20,22). The highest BCUT2D eigenvalue weighted by Crippen LogP contribution is 2.39. The van der Waals surface area contributed by atoms with E-state index in [-0.39, 0.29) is 10.8 Å². The third-order valence-electron chi connectivity index (χ3n) is 3.90. The number of rotatable bonds is 3. The molecule has 23 heavy (non-hydrogen) atoms. The number of aromatic hydroxyl groups is 1. The van der Waals surface area contributed by atoms with E-state index >= 15 is 0 Å². The topological polar surface area (TPSA) is 48.9 Å². The van der Waals surface area contributed by atoms with Crippen LogP contribution in [0.25, 0.3) is 0 Å². The van der Waals surface area contributed by atoms with Crippen LogP contribution in [0.2, 0.25) is 0 Å². The van der Waals surface area contributed by atoms with Crippen LogP contribution in [0.4, 0.5) is 0 Å². The summed E-state index contributed by atoms with van der Waals surface area (Å²) in [6, 6.07) is 4.27. The first-order valence-corrected chi connectivity index (χ1v) is 9.12. The molecule has 0 unspecified atom stereocenters. The highest BCUT2D eigenvalue weighted by molar-refractivity contribution is 7.73. The molecule has 0 atom stereocenters. The molecule has 3 nitrogen and oxygen atoms in total. The summed E-state index contributed by atoms with van der Waals surface area (Å²) in [6.45, 7) is 12.8. The highest BCUT2D eigenvalue weighted by Gasteiger charge is 2.26. The average molecular weight is 351 g/mol. The number of nitrogens with one attached hydrogen (secondary N) is 1. The van der Waals surface area contributed by atoms with Crippen LogP contribution < -0.4 is 0 Å². The Bertz CT molecular complexity index is 710. The van der Waals surface area contributed by atoms with Gasteiger partial charge < -0.3 is 5.11 Å². The maximum absolute atomic E-state index is 10.7. The fourth-order valence-electron chi connectivity index (χ4n) is 2.60. The van der Waals surface area contributed by atoms with Gasteiger partial charge in [0.05, 0.1) is 0 Å². The summed E-state index contributed by atoms with van der Waals surface area (Å²) in [7, 11) is 0. The molecule has 0 aliphatic rings. The molecule has 0 saturated carbocycles. The summed E-state index contributed by atoms with van der Waals surface area (Å²) in [6.07, 6.45) is 1.75. The molecule has 5 heteroatoms. The van der Waals surface area contributed by atoms with Crippen molar-refractivity contribution in [3.63, 3.8) is 0 Å². The van der Waals surface area contributed by atoms with E-state index in [1.165, 1.54) is 16.9 Å². The third kappa shape index (κ3) is 4.42. The summed E-state index contributed by atoms with van der Waals surface area (Å²) in [5.41, 5.74) is 3.06. The lowest BCUT2D eigenvalue weighted by Gasteiger charge is -2.28. The van der Waals surface area contributed by atoms with Gasteiger partial charge in [-0.05, 0) is 46.2 Å². The van der Waals surface area contributed by atoms with E-state index in [2.05, 4.69) is 63.9 Å². The molecule has 0 aliphatic heterocycles. The van der Waals surface area contributed by atoms with Gasteiger partial charge in [-0.3, -0.25) is 5.10 Å². The third-order valence-corrected chi connectivity index (χ3v) is 5.04. The predicted molar refractivity (Wildman–Crippen MR) is 100 cm³/mol. The van der Waals surface area contributed by atoms with Crippen molar-refractivity contribution in [3.8, 4) is 5.75 Å². The minimum absolute atomic E-state index is 0.0944. The monoisotopic (exact) mass is 350 g/mol. The van der Waals surface area contributed by atoms with Gasteiger partial charge in [0.15, 0.2) is 3.95 Å². The SMILES string of the molecule is CC(C)(C)c1cc(CCc2n[nH]c(=S)s2)cc(C(C)(C)C)c1O. The lowest BCUT2D eigenvalue weighted by molar-refractivity contribution is 0.422. The molecule has 0 aliphatic carbocycles. The van der Waals surface area contributed by atoms with Gasteiger partial charge in [-0.1, -0.05) is 65.0 Å². The van der Waals surface area contributed by atoms with Gasteiger partial charge in [-0.15, -0.1) is 0 Å². The van der Waals surface area contributed by atoms with Crippen molar-refractivity contribution in [3.05, 3.63) is 37.8 Å². The maximum Gasteiger partial charge on any atom is 0.176 e. The molecule has 1 aromatic heterocycles. The largest absolute Gasteiger partial charge is 0.507 e. The number of aromatic nitrogens is 2. The Kier molecular flexibility index (Phi) is 5.02. The minimum atomic E-state index is -0.0944. The zero-order chi connectivity index (χ0) is 17.4. The fraction of sp³-hybridized carbons (Fsp3) is 0.556. The summed E-state index contributed by atoms with van der Waals surface area (Å²) in [4.78, 5) is 0. The molecular formula is C18H26N2OS2. The fourth-order valence-corrected chi connectivity index (χ4v) is 3.54. The van der Waals surface area contributed by atoms with Crippen LogP contribution in [0.1, 0.15) is 63.2 Å². The molecule has 2 rings (SSSR count). The zero-order valence-corrected chi connectivity index (χ0v) is 16.4. The molecule has 2 N–H and O–H groups in total. The molecular weight excluding hydrogens is 324 g/mol. The van der Waals surface area contributed by atoms with Gasteiger partial charge in [0.25, 0.3) is 0 Å². The Morgan fingerprint density at radius 2 is 1.57 bits per heavy atom. The lowest BCUT2D eigenvalue weighted by atomic mass is 9.78.